The third kappa shape index (κ3) is 2.61. The number of ether oxygens (including phenoxy) is 1. The lowest BCUT2D eigenvalue weighted by molar-refractivity contribution is -0.0873. The zero-order valence-corrected chi connectivity index (χ0v) is 13.4. The monoisotopic (exact) mass is 310 g/mol. The van der Waals surface area contributed by atoms with Crippen LogP contribution in [0.15, 0.2) is 29.2 Å². The average Bonchev–Trinajstić information content (AvgIpc) is 2.87. The molecule has 1 aromatic carbocycles. The number of hydrogen-bond acceptors (Lipinski definition) is 4. The zero-order chi connectivity index (χ0) is 15.1. The smallest absolute Gasteiger partial charge is 0.245 e. The number of aryl methyl sites for hydroxylation is 1. The summed E-state index contributed by atoms with van der Waals surface area (Å²) in [4.78, 5) is 2.57. The number of hydrogen-bond donors (Lipinski definition) is 0. The number of rotatable bonds is 2. The van der Waals surface area contributed by atoms with Crippen molar-refractivity contribution in [3.05, 3.63) is 29.8 Å². The first-order valence-corrected chi connectivity index (χ1v) is 8.80. The Morgan fingerprint density at radius 3 is 2.33 bits per heavy atom. The van der Waals surface area contributed by atoms with E-state index in [9.17, 15) is 8.42 Å². The lowest BCUT2D eigenvalue weighted by atomic mass is 10.0. The second-order valence-electron chi connectivity index (χ2n) is 5.99. The van der Waals surface area contributed by atoms with Gasteiger partial charge in [-0.05, 0) is 26.1 Å². The van der Waals surface area contributed by atoms with Crippen LogP contribution in [0.25, 0.3) is 0 Å². The topological polar surface area (TPSA) is 49.9 Å². The van der Waals surface area contributed by atoms with Gasteiger partial charge in [0.15, 0.2) is 0 Å². The van der Waals surface area contributed by atoms with E-state index in [1.807, 2.05) is 19.1 Å². The van der Waals surface area contributed by atoms with Gasteiger partial charge >= 0.3 is 0 Å². The molecular formula is C15H22N2O3S. The molecule has 21 heavy (non-hydrogen) atoms. The van der Waals surface area contributed by atoms with Crippen molar-refractivity contribution in [2.45, 2.75) is 30.4 Å². The summed E-state index contributed by atoms with van der Waals surface area (Å²) in [5, 5.41) is 0. The van der Waals surface area contributed by atoms with Crippen LogP contribution in [0.5, 0.6) is 0 Å². The fourth-order valence-electron chi connectivity index (χ4n) is 3.13. The maximum atomic E-state index is 12.9. The summed E-state index contributed by atoms with van der Waals surface area (Å²) in [5.74, 6) is 0. The van der Waals surface area contributed by atoms with Gasteiger partial charge in [-0.15, -0.1) is 0 Å². The van der Waals surface area contributed by atoms with Crippen LogP contribution in [0.3, 0.4) is 0 Å². The largest absolute Gasteiger partial charge is 0.358 e. The molecule has 1 spiro atoms. The van der Waals surface area contributed by atoms with Gasteiger partial charge in [0.05, 0.1) is 11.5 Å². The standard InChI is InChI=1S/C15H22N2O3S/c1-13-3-5-14(6-4-13)21(18,19)17-11-12-20-15(17)7-9-16(2)10-8-15/h3-6H,7-12H2,1-2H3. The van der Waals surface area contributed by atoms with Crippen molar-refractivity contribution >= 4 is 10.0 Å². The summed E-state index contributed by atoms with van der Waals surface area (Å²) in [5.41, 5.74) is 0.414. The van der Waals surface area contributed by atoms with E-state index in [2.05, 4.69) is 11.9 Å². The molecule has 6 heteroatoms. The molecule has 0 N–H and O–H groups in total. The van der Waals surface area contributed by atoms with Crippen LogP contribution in [0.2, 0.25) is 0 Å². The average molecular weight is 310 g/mol. The first-order chi connectivity index (χ1) is 9.94. The highest BCUT2D eigenvalue weighted by Crippen LogP contribution is 2.37. The van der Waals surface area contributed by atoms with E-state index in [0.29, 0.717) is 18.0 Å². The molecule has 0 aromatic heterocycles. The van der Waals surface area contributed by atoms with Crippen molar-refractivity contribution in [3.8, 4) is 0 Å². The number of nitrogens with zero attached hydrogens (tertiary/aromatic N) is 2. The second-order valence-corrected chi connectivity index (χ2v) is 7.85. The lowest BCUT2D eigenvalue weighted by Gasteiger charge is -2.41. The molecule has 0 radical (unpaired) electrons. The molecule has 2 heterocycles. The molecule has 1 aromatic rings. The summed E-state index contributed by atoms with van der Waals surface area (Å²) in [6, 6.07) is 7.05. The van der Waals surface area contributed by atoms with Crippen LogP contribution in [0.1, 0.15) is 18.4 Å². The minimum atomic E-state index is -3.49. The van der Waals surface area contributed by atoms with Crippen molar-refractivity contribution in [2.75, 3.05) is 33.3 Å². The molecule has 3 rings (SSSR count). The summed E-state index contributed by atoms with van der Waals surface area (Å²) >= 11 is 0. The first-order valence-electron chi connectivity index (χ1n) is 7.36. The Balaban J connectivity index is 1.92. The van der Waals surface area contributed by atoms with Gasteiger partial charge < -0.3 is 9.64 Å². The van der Waals surface area contributed by atoms with E-state index in [-0.39, 0.29) is 0 Å². The molecule has 0 atom stereocenters. The molecule has 0 amide bonds. The van der Waals surface area contributed by atoms with Gasteiger partial charge in [0.1, 0.15) is 5.72 Å². The quantitative estimate of drug-likeness (QED) is 0.829. The minimum Gasteiger partial charge on any atom is -0.358 e. The van der Waals surface area contributed by atoms with Gasteiger partial charge in [-0.1, -0.05) is 17.7 Å². The molecule has 0 unspecified atom stereocenters. The van der Waals surface area contributed by atoms with Crippen molar-refractivity contribution in [2.24, 2.45) is 0 Å². The Morgan fingerprint density at radius 2 is 1.71 bits per heavy atom. The SMILES string of the molecule is Cc1ccc(S(=O)(=O)N2CCOC23CCN(C)CC3)cc1. The minimum absolute atomic E-state index is 0.358. The molecule has 2 aliphatic rings. The maximum Gasteiger partial charge on any atom is 0.245 e. The summed E-state index contributed by atoms with van der Waals surface area (Å²) in [7, 11) is -1.43. The summed E-state index contributed by atoms with van der Waals surface area (Å²) in [6.07, 6.45) is 1.46. The van der Waals surface area contributed by atoms with Gasteiger partial charge in [-0.2, -0.15) is 4.31 Å². The Bertz CT molecular complexity index is 604. The number of benzene rings is 1. The fourth-order valence-corrected chi connectivity index (χ4v) is 4.86. The van der Waals surface area contributed by atoms with Crippen LogP contribution >= 0.6 is 0 Å². The highest BCUT2D eigenvalue weighted by molar-refractivity contribution is 7.89. The van der Waals surface area contributed by atoms with Crippen molar-refractivity contribution in [1.29, 1.82) is 0 Å². The first kappa shape index (κ1) is 15.0. The highest BCUT2D eigenvalue weighted by atomic mass is 32.2. The normalized spacial score (nSPS) is 23.7. The Morgan fingerprint density at radius 1 is 1.10 bits per heavy atom. The molecule has 0 saturated carbocycles. The van der Waals surface area contributed by atoms with Crippen molar-refractivity contribution < 1.29 is 13.2 Å². The van der Waals surface area contributed by atoms with E-state index in [0.717, 1.165) is 31.5 Å². The van der Waals surface area contributed by atoms with Gasteiger partial charge in [-0.25, -0.2) is 8.42 Å². The predicted molar refractivity (Wildman–Crippen MR) is 80.5 cm³/mol. The third-order valence-electron chi connectivity index (χ3n) is 4.50. The number of piperidine rings is 1. The molecule has 2 aliphatic heterocycles. The lowest BCUT2D eigenvalue weighted by Crippen LogP contribution is -2.54. The predicted octanol–water partition coefficient (Wildman–Crippen LogP) is 1.44. The maximum absolute atomic E-state index is 12.9. The van der Waals surface area contributed by atoms with Crippen LogP contribution in [-0.2, 0) is 14.8 Å². The van der Waals surface area contributed by atoms with Crippen LogP contribution in [-0.4, -0.2) is 56.6 Å². The van der Waals surface area contributed by atoms with Crippen LogP contribution in [0, 0.1) is 6.92 Å². The van der Waals surface area contributed by atoms with E-state index in [1.165, 1.54) is 0 Å². The molecule has 5 nitrogen and oxygen atoms in total. The molecule has 0 aliphatic carbocycles. The number of likely N-dealkylation sites (tertiary alicyclic amines) is 1. The highest BCUT2D eigenvalue weighted by Gasteiger charge is 2.50. The van der Waals surface area contributed by atoms with Crippen LogP contribution in [0.4, 0.5) is 0 Å². The van der Waals surface area contributed by atoms with Crippen molar-refractivity contribution in [1.82, 2.24) is 9.21 Å². The fraction of sp³-hybridized carbons (Fsp3) is 0.600. The van der Waals surface area contributed by atoms with Gasteiger partial charge in [0.25, 0.3) is 0 Å². The van der Waals surface area contributed by atoms with E-state index >= 15 is 0 Å². The zero-order valence-electron chi connectivity index (χ0n) is 12.6. The number of sulfonamides is 1. The molecular weight excluding hydrogens is 288 g/mol. The molecule has 0 bridgehead atoms. The molecule has 2 saturated heterocycles. The Labute approximate surface area is 126 Å². The molecule has 2 fully saturated rings. The van der Waals surface area contributed by atoms with Crippen molar-refractivity contribution in [3.63, 3.8) is 0 Å². The Hall–Kier alpha value is -0.950. The van der Waals surface area contributed by atoms with Gasteiger partial charge in [0.2, 0.25) is 10.0 Å². The van der Waals surface area contributed by atoms with E-state index < -0.39 is 15.7 Å². The summed E-state index contributed by atoms with van der Waals surface area (Å²) in [6.45, 7) is 4.60. The van der Waals surface area contributed by atoms with Crippen LogP contribution < -0.4 is 0 Å². The Kier molecular flexibility index (Phi) is 3.81. The van der Waals surface area contributed by atoms with Gasteiger partial charge in [-0.3, -0.25) is 0 Å². The van der Waals surface area contributed by atoms with E-state index in [1.54, 1.807) is 16.4 Å². The van der Waals surface area contributed by atoms with E-state index in [4.69, 9.17) is 4.74 Å². The molecule has 116 valence electrons. The second kappa shape index (κ2) is 5.35. The van der Waals surface area contributed by atoms with Gasteiger partial charge in [0, 0.05) is 32.5 Å². The third-order valence-corrected chi connectivity index (χ3v) is 6.46. The summed E-state index contributed by atoms with van der Waals surface area (Å²) < 4.78 is 33.3.